The molecule has 1 heterocycles. The molecule has 154 valence electrons. The highest BCUT2D eigenvalue weighted by Crippen LogP contribution is 2.37. The lowest BCUT2D eigenvalue weighted by Crippen LogP contribution is -2.99. The van der Waals surface area contributed by atoms with Crippen LogP contribution in [0.3, 0.4) is 0 Å². The van der Waals surface area contributed by atoms with Gasteiger partial charge in [-0.3, -0.25) is 4.79 Å². The summed E-state index contributed by atoms with van der Waals surface area (Å²) in [5.41, 5.74) is 2.74. The second-order valence-electron chi connectivity index (χ2n) is 7.70. The number of carbonyl (C=O) groups is 1. The first-order chi connectivity index (χ1) is 13.7. The smallest absolute Gasteiger partial charge is 0.209 e. The molecule has 2 N–H and O–H groups in total. The number of fused-ring (bicyclic) bond motifs is 1. The first-order valence-corrected chi connectivity index (χ1v) is 9.26. The maximum absolute atomic E-state index is 13.3. The van der Waals surface area contributed by atoms with Crippen molar-refractivity contribution < 1.29 is 24.7 Å². The minimum absolute atomic E-state index is 0.146. The zero-order valence-electron chi connectivity index (χ0n) is 17.3. The molecule has 7 heteroatoms. The van der Waals surface area contributed by atoms with Crippen LogP contribution in [0.15, 0.2) is 42.1 Å². The van der Waals surface area contributed by atoms with Gasteiger partial charge in [-0.05, 0) is 61.7 Å². The normalized spacial score (nSPS) is 16.4. The Kier molecular flexibility index (Phi) is 5.66. The molecular weight excluding hydrogens is 372 g/mol. The second-order valence-corrected chi connectivity index (χ2v) is 7.70. The van der Waals surface area contributed by atoms with Gasteiger partial charge >= 0.3 is 0 Å². The summed E-state index contributed by atoms with van der Waals surface area (Å²) < 4.78 is 10.9. The monoisotopic (exact) mass is 398 g/mol. The highest BCUT2D eigenvalue weighted by molar-refractivity contribution is 6.11. The summed E-state index contributed by atoms with van der Waals surface area (Å²) in [4.78, 5) is 15.3. The quantitative estimate of drug-likeness (QED) is 0.595. The standard InChI is InChI=1S/C22H26N2O5/c1-22(2)13-16-12-20(29-5)19(28-4)11-15(16)10-18(23(22)3)21(25)14-6-8-17(9-7-14)24(26)27/h6-12,24,26H,13H2,1-5H3. The van der Waals surface area contributed by atoms with Crippen molar-refractivity contribution in [3.05, 3.63) is 64.0 Å². The van der Waals surface area contributed by atoms with Crippen LogP contribution in [0.1, 0.15) is 35.3 Å². The third kappa shape index (κ3) is 3.98. The summed E-state index contributed by atoms with van der Waals surface area (Å²) in [6.07, 6.45) is 2.57. The van der Waals surface area contributed by atoms with Crippen LogP contribution in [0.2, 0.25) is 0 Å². The number of Topliss-reactive ketones (excluding diaryl/α,β-unsaturated/α-hetero) is 1. The number of carbonyl (C=O) groups excluding carboxylic acids is 1. The summed E-state index contributed by atoms with van der Waals surface area (Å²) >= 11 is 0. The van der Waals surface area contributed by atoms with Crippen LogP contribution >= 0.6 is 0 Å². The number of quaternary nitrogens is 1. The molecule has 0 aliphatic carbocycles. The summed E-state index contributed by atoms with van der Waals surface area (Å²) in [5, 5.41) is 19.2. The topological polar surface area (TPSA) is 86.5 Å². The number of likely N-dealkylation sites (N-methyl/N-ethyl adjacent to an activating group) is 1. The highest BCUT2D eigenvalue weighted by atomic mass is 16.8. The molecule has 0 spiro atoms. The van der Waals surface area contributed by atoms with Gasteiger partial charge in [-0.15, -0.1) is 0 Å². The van der Waals surface area contributed by atoms with Gasteiger partial charge in [-0.1, -0.05) is 0 Å². The molecule has 0 aromatic heterocycles. The number of hydrogen-bond donors (Lipinski definition) is 2. The van der Waals surface area contributed by atoms with Gasteiger partial charge in [-0.2, -0.15) is 5.23 Å². The van der Waals surface area contributed by atoms with Crippen molar-refractivity contribution in [3.8, 4) is 11.5 Å². The molecule has 29 heavy (non-hydrogen) atoms. The molecule has 1 atom stereocenters. The van der Waals surface area contributed by atoms with E-state index in [4.69, 9.17) is 14.7 Å². The molecule has 0 fully saturated rings. The maximum Gasteiger partial charge on any atom is 0.209 e. The van der Waals surface area contributed by atoms with Crippen molar-refractivity contribution >= 4 is 17.5 Å². The molecule has 0 amide bonds. The number of benzene rings is 2. The minimum Gasteiger partial charge on any atom is -0.595 e. The largest absolute Gasteiger partial charge is 0.595 e. The zero-order valence-corrected chi connectivity index (χ0v) is 17.3. The van der Waals surface area contributed by atoms with E-state index in [0.717, 1.165) is 11.1 Å². The summed E-state index contributed by atoms with van der Waals surface area (Å²) in [6, 6.07) is 9.82. The number of nitrogens with one attached hydrogen (secondary N) is 1. The van der Waals surface area contributed by atoms with E-state index in [0.29, 0.717) is 29.2 Å². The molecule has 1 unspecified atom stereocenters. The molecule has 1 aliphatic rings. The lowest BCUT2D eigenvalue weighted by molar-refractivity contribution is -0.991. The fourth-order valence-electron chi connectivity index (χ4n) is 3.51. The Labute approximate surface area is 170 Å². The number of methoxy groups -OCH3 is 2. The van der Waals surface area contributed by atoms with Gasteiger partial charge in [0.2, 0.25) is 5.78 Å². The maximum atomic E-state index is 13.3. The molecule has 7 nitrogen and oxygen atoms in total. The molecule has 0 bridgehead atoms. The Hall–Kier alpha value is -2.87. The Bertz CT molecular complexity index is 948. The Morgan fingerprint density at radius 1 is 1.14 bits per heavy atom. The van der Waals surface area contributed by atoms with Crippen molar-refractivity contribution in [2.24, 2.45) is 0 Å². The van der Waals surface area contributed by atoms with Crippen molar-refractivity contribution in [2.45, 2.75) is 25.8 Å². The Morgan fingerprint density at radius 2 is 1.72 bits per heavy atom. The molecule has 2 aromatic carbocycles. The molecule has 0 radical (unpaired) electrons. The fourth-order valence-corrected chi connectivity index (χ4v) is 3.51. The van der Waals surface area contributed by atoms with E-state index in [-0.39, 0.29) is 17.0 Å². The number of ketones is 1. The van der Waals surface area contributed by atoms with E-state index in [1.807, 2.05) is 30.2 Å². The minimum atomic E-state index is -1.02. The van der Waals surface area contributed by atoms with Gasteiger partial charge in [0, 0.05) is 30.3 Å². The van der Waals surface area contributed by atoms with Gasteiger partial charge in [-0.25, -0.2) is 5.21 Å². The van der Waals surface area contributed by atoms with Gasteiger partial charge in [0.25, 0.3) is 0 Å². The molecule has 1 aliphatic heterocycles. The Morgan fingerprint density at radius 3 is 2.28 bits per heavy atom. The van der Waals surface area contributed by atoms with E-state index in [1.54, 1.807) is 26.4 Å². The highest BCUT2D eigenvalue weighted by Gasteiger charge is 2.33. The number of hydrogen-bond acceptors (Lipinski definition) is 6. The van der Waals surface area contributed by atoms with Gasteiger partial charge < -0.3 is 19.6 Å². The van der Waals surface area contributed by atoms with E-state index >= 15 is 0 Å². The second kappa shape index (κ2) is 7.87. The number of rotatable bonds is 5. The van der Waals surface area contributed by atoms with Gasteiger partial charge in [0.1, 0.15) is 0 Å². The van der Waals surface area contributed by atoms with E-state index in [9.17, 15) is 10.0 Å². The summed E-state index contributed by atoms with van der Waals surface area (Å²) in [5.74, 6) is 1.08. The third-order valence-corrected chi connectivity index (χ3v) is 5.46. The lowest BCUT2D eigenvalue weighted by atomic mass is 9.92. The lowest BCUT2D eigenvalue weighted by Gasteiger charge is -2.37. The number of allylic oxidation sites excluding steroid dienone is 1. The predicted octanol–water partition coefficient (Wildman–Crippen LogP) is 2.60. The van der Waals surface area contributed by atoms with E-state index < -0.39 is 5.23 Å². The first kappa shape index (κ1) is 20.9. The van der Waals surface area contributed by atoms with E-state index in [2.05, 4.69) is 13.8 Å². The first-order valence-electron chi connectivity index (χ1n) is 9.26. The van der Waals surface area contributed by atoms with Crippen LogP contribution in [0.4, 0.5) is 5.69 Å². The molecule has 3 rings (SSSR count). The Balaban J connectivity index is 2.10. The predicted molar refractivity (Wildman–Crippen MR) is 110 cm³/mol. The molecular formula is C22H26N2O5. The van der Waals surface area contributed by atoms with Crippen LogP contribution in [0.5, 0.6) is 11.5 Å². The van der Waals surface area contributed by atoms with Crippen molar-refractivity contribution in [3.63, 3.8) is 0 Å². The van der Waals surface area contributed by atoms with Crippen molar-refractivity contribution in [2.75, 3.05) is 21.3 Å². The average molecular weight is 398 g/mol. The van der Waals surface area contributed by atoms with Crippen LogP contribution in [0, 0.1) is 5.21 Å². The zero-order chi connectivity index (χ0) is 21.3. The van der Waals surface area contributed by atoms with Crippen LogP contribution in [-0.2, 0) is 6.42 Å². The summed E-state index contributed by atoms with van der Waals surface area (Å²) in [7, 11) is 5.08. The van der Waals surface area contributed by atoms with Crippen LogP contribution in [-0.4, -0.2) is 42.7 Å². The van der Waals surface area contributed by atoms with Gasteiger partial charge in [0.05, 0.1) is 19.9 Å². The molecule has 2 aromatic rings. The fraction of sp³-hybridized carbons (Fsp3) is 0.318. The molecule has 0 saturated heterocycles. The van der Waals surface area contributed by atoms with E-state index in [1.165, 1.54) is 12.1 Å². The van der Waals surface area contributed by atoms with Crippen LogP contribution in [0.25, 0.3) is 6.08 Å². The summed E-state index contributed by atoms with van der Waals surface area (Å²) in [6.45, 7) is 4.15. The van der Waals surface area contributed by atoms with Gasteiger partial charge in [0.15, 0.2) is 17.2 Å². The SMILES string of the molecule is COc1cc2c(cc1OC)CC(C)(C)N(C)C(C(=O)c1ccc([NH+]([O-])O)cc1)=C2. The third-order valence-electron chi connectivity index (χ3n) is 5.46. The van der Waals surface area contributed by atoms with Crippen molar-refractivity contribution in [1.29, 1.82) is 0 Å². The van der Waals surface area contributed by atoms with Crippen LogP contribution < -0.4 is 14.7 Å². The number of nitrogens with zero attached hydrogens (tertiary/aromatic N) is 1. The molecule has 0 saturated carbocycles. The van der Waals surface area contributed by atoms with Crippen molar-refractivity contribution in [1.82, 2.24) is 4.90 Å². The average Bonchev–Trinajstić information content (AvgIpc) is 2.80. The number of ether oxygens (including phenoxy) is 2.